The highest BCUT2D eigenvalue weighted by Gasteiger charge is 1.94. The molecule has 0 aliphatic heterocycles. The van der Waals surface area contributed by atoms with Crippen molar-refractivity contribution in [3.8, 4) is 0 Å². The first-order valence-electron chi connectivity index (χ1n) is 4.13. The van der Waals surface area contributed by atoms with E-state index in [0.717, 1.165) is 20.6 Å². The van der Waals surface area contributed by atoms with Gasteiger partial charge in [-0.05, 0) is 46.7 Å². The summed E-state index contributed by atoms with van der Waals surface area (Å²) in [6, 6.07) is 4.07. The number of hydrogen-bond acceptors (Lipinski definition) is 2. The number of hydrogen-bond donors (Lipinski definition) is 0. The average Bonchev–Trinajstić information content (AvgIpc) is 2.15. The van der Waals surface area contributed by atoms with Gasteiger partial charge in [0.1, 0.15) is 0 Å². The number of rotatable bonds is 5. The lowest BCUT2D eigenvalue weighted by atomic mass is 10.4. The molecule has 1 aromatic rings. The van der Waals surface area contributed by atoms with Crippen molar-refractivity contribution in [2.75, 3.05) is 11.1 Å². The molecule has 0 aromatic carbocycles. The van der Waals surface area contributed by atoms with Crippen molar-refractivity contribution in [1.29, 1.82) is 0 Å². The lowest BCUT2D eigenvalue weighted by Crippen LogP contribution is -1.83. The number of unbranched alkanes of at least 4 members (excludes halogenated alkanes) is 1. The second kappa shape index (κ2) is 6.85. The van der Waals surface area contributed by atoms with Gasteiger partial charge in [-0.3, -0.25) is 0 Å². The molecule has 0 atom stereocenters. The Balaban J connectivity index is 2.25. The van der Waals surface area contributed by atoms with Gasteiger partial charge >= 0.3 is 0 Å². The van der Waals surface area contributed by atoms with Crippen LogP contribution in [0.25, 0.3) is 0 Å². The molecule has 0 saturated carbocycles. The van der Waals surface area contributed by atoms with E-state index >= 15 is 0 Å². The topological polar surface area (TPSA) is 12.9 Å². The summed E-state index contributed by atoms with van der Waals surface area (Å²) in [7, 11) is 0. The van der Waals surface area contributed by atoms with E-state index in [0.29, 0.717) is 0 Å². The van der Waals surface area contributed by atoms with Gasteiger partial charge in [0, 0.05) is 16.0 Å². The fourth-order valence-corrected chi connectivity index (χ4v) is 2.30. The molecule has 0 radical (unpaired) electrons. The number of alkyl halides is 1. The molecule has 0 unspecified atom stereocenters. The molecule has 1 nitrogen and oxygen atoms in total. The maximum absolute atomic E-state index is 4.28. The second-order valence-electron chi connectivity index (χ2n) is 2.56. The van der Waals surface area contributed by atoms with E-state index in [-0.39, 0.29) is 0 Å². The first-order valence-corrected chi connectivity index (χ1v) is 7.03. The first-order chi connectivity index (χ1) is 6.33. The van der Waals surface area contributed by atoms with Crippen LogP contribution in [-0.4, -0.2) is 16.1 Å². The van der Waals surface area contributed by atoms with Crippen LogP contribution in [0, 0.1) is 0 Å². The first kappa shape index (κ1) is 11.5. The summed E-state index contributed by atoms with van der Waals surface area (Å²) in [5, 5.41) is 2.21. The molecule has 4 heteroatoms. The lowest BCUT2D eigenvalue weighted by molar-refractivity contribution is 0.911. The van der Waals surface area contributed by atoms with E-state index in [1.165, 1.54) is 12.8 Å². The smallest absolute Gasteiger partial charge is 0.0960 e. The van der Waals surface area contributed by atoms with E-state index < -0.39 is 0 Å². The van der Waals surface area contributed by atoms with Gasteiger partial charge in [0.05, 0.1) is 5.03 Å². The Hall–Kier alpha value is 0.460. The average molecular weight is 325 g/mol. The fourth-order valence-electron chi connectivity index (χ4n) is 0.821. The Bertz CT molecular complexity index is 238. The minimum atomic E-state index is 1.04. The third kappa shape index (κ3) is 5.03. The molecule has 0 bridgehead atoms. The summed E-state index contributed by atoms with van der Waals surface area (Å²) in [5.74, 6) is 1.15. The highest BCUT2D eigenvalue weighted by atomic mass is 79.9. The van der Waals surface area contributed by atoms with Gasteiger partial charge < -0.3 is 0 Å². The van der Waals surface area contributed by atoms with Crippen molar-refractivity contribution < 1.29 is 0 Å². The van der Waals surface area contributed by atoms with Crippen LogP contribution in [0.15, 0.2) is 27.8 Å². The molecular weight excluding hydrogens is 314 g/mol. The Labute approximate surface area is 100.0 Å². The van der Waals surface area contributed by atoms with Gasteiger partial charge in [0.2, 0.25) is 0 Å². The van der Waals surface area contributed by atoms with E-state index in [9.17, 15) is 0 Å². The van der Waals surface area contributed by atoms with Gasteiger partial charge in [-0.2, -0.15) is 0 Å². The van der Waals surface area contributed by atoms with Gasteiger partial charge in [-0.15, -0.1) is 11.8 Å². The Morgan fingerprint density at radius 1 is 1.31 bits per heavy atom. The van der Waals surface area contributed by atoms with Gasteiger partial charge in [-0.25, -0.2) is 4.98 Å². The molecule has 0 fully saturated rings. The van der Waals surface area contributed by atoms with Crippen LogP contribution in [0.4, 0.5) is 0 Å². The van der Waals surface area contributed by atoms with Crippen molar-refractivity contribution in [1.82, 2.24) is 4.98 Å². The van der Waals surface area contributed by atoms with Crippen LogP contribution in [0.1, 0.15) is 12.8 Å². The number of pyridine rings is 1. The number of halogens is 2. The van der Waals surface area contributed by atoms with Crippen molar-refractivity contribution in [3.05, 3.63) is 22.8 Å². The summed E-state index contributed by atoms with van der Waals surface area (Å²) in [6.07, 6.45) is 4.32. The lowest BCUT2D eigenvalue weighted by Gasteiger charge is -1.99. The highest BCUT2D eigenvalue weighted by Crippen LogP contribution is 2.18. The molecule has 0 aliphatic rings. The Kier molecular flexibility index (Phi) is 6.07. The minimum Gasteiger partial charge on any atom is -0.249 e. The van der Waals surface area contributed by atoms with Crippen LogP contribution in [-0.2, 0) is 0 Å². The number of thioether (sulfide) groups is 1. The second-order valence-corrected chi connectivity index (χ2v) is 5.38. The van der Waals surface area contributed by atoms with Crippen molar-refractivity contribution in [2.24, 2.45) is 0 Å². The van der Waals surface area contributed by atoms with Gasteiger partial charge in [-0.1, -0.05) is 15.9 Å². The molecule has 1 rings (SSSR count). The standard InChI is InChI=1S/C9H11Br2NS/c10-5-1-2-6-13-9-4-3-8(11)7-12-9/h3-4,7H,1-2,5-6H2. The highest BCUT2D eigenvalue weighted by molar-refractivity contribution is 9.10. The largest absolute Gasteiger partial charge is 0.249 e. The summed E-state index contributed by atoms with van der Waals surface area (Å²) in [4.78, 5) is 4.28. The summed E-state index contributed by atoms with van der Waals surface area (Å²) >= 11 is 8.59. The summed E-state index contributed by atoms with van der Waals surface area (Å²) < 4.78 is 1.04. The maximum atomic E-state index is 4.28. The molecule has 0 spiro atoms. The normalized spacial score (nSPS) is 10.3. The van der Waals surface area contributed by atoms with Crippen LogP contribution < -0.4 is 0 Å². The zero-order valence-electron chi connectivity index (χ0n) is 7.17. The van der Waals surface area contributed by atoms with E-state index in [4.69, 9.17) is 0 Å². The van der Waals surface area contributed by atoms with E-state index in [2.05, 4.69) is 36.8 Å². The Morgan fingerprint density at radius 2 is 2.15 bits per heavy atom. The molecule has 13 heavy (non-hydrogen) atoms. The molecule has 1 heterocycles. The summed E-state index contributed by atoms with van der Waals surface area (Å²) in [6.45, 7) is 0. The van der Waals surface area contributed by atoms with E-state index in [1.54, 1.807) is 0 Å². The third-order valence-corrected chi connectivity index (χ3v) is 3.54. The Morgan fingerprint density at radius 3 is 2.77 bits per heavy atom. The summed E-state index contributed by atoms with van der Waals surface area (Å²) in [5.41, 5.74) is 0. The van der Waals surface area contributed by atoms with Crippen LogP contribution in [0.3, 0.4) is 0 Å². The van der Waals surface area contributed by atoms with E-state index in [1.807, 2.05) is 30.1 Å². The maximum Gasteiger partial charge on any atom is 0.0960 e. The molecule has 72 valence electrons. The quantitative estimate of drug-likeness (QED) is 0.459. The monoisotopic (exact) mass is 323 g/mol. The van der Waals surface area contributed by atoms with Crippen molar-refractivity contribution in [3.63, 3.8) is 0 Å². The van der Waals surface area contributed by atoms with Crippen LogP contribution >= 0.6 is 43.6 Å². The zero-order valence-corrected chi connectivity index (χ0v) is 11.2. The minimum absolute atomic E-state index is 1.04. The zero-order chi connectivity index (χ0) is 9.52. The van der Waals surface area contributed by atoms with Crippen LogP contribution in [0.2, 0.25) is 0 Å². The van der Waals surface area contributed by atoms with Gasteiger partial charge in [0.25, 0.3) is 0 Å². The molecule has 0 N–H and O–H groups in total. The SMILES string of the molecule is BrCCCCSc1ccc(Br)cn1. The fraction of sp³-hybridized carbons (Fsp3) is 0.444. The molecular formula is C9H11Br2NS. The molecule has 0 aliphatic carbocycles. The molecule has 1 aromatic heterocycles. The van der Waals surface area contributed by atoms with Crippen molar-refractivity contribution >= 4 is 43.6 Å². The third-order valence-electron chi connectivity index (χ3n) is 1.48. The predicted molar refractivity (Wildman–Crippen MR) is 65.7 cm³/mol. The van der Waals surface area contributed by atoms with Crippen LogP contribution in [0.5, 0.6) is 0 Å². The molecule has 0 amide bonds. The number of aromatic nitrogens is 1. The number of nitrogens with zero attached hydrogens (tertiary/aromatic N) is 1. The van der Waals surface area contributed by atoms with Gasteiger partial charge in [0.15, 0.2) is 0 Å². The molecule has 0 saturated heterocycles. The predicted octanol–water partition coefficient (Wildman–Crippen LogP) is 4.11. The van der Waals surface area contributed by atoms with Crippen molar-refractivity contribution in [2.45, 2.75) is 17.9 Å².